The van der Waals surface area contributed by atoms with Crippen LogP contribution in [0.3, 0.4) is 0 Å². The number of esters is 1. The van der Waals surface area contributed by atoms with Crippen molar-refractivity contribution >= 4 is 23.6 Å². The number of carbonyl (C=O) groups excluding carboxylic acids is 2. The van der Waals surface area contributed by atoms with E-state index >= 15 is 0 Å². The fraction of sp³-hybridized carbons (Fsp3) is 0.600. The molecule has 0 aromatic carbocycles. The second-order valence-corrected chi connectivity index (χ2v) is 4.53. The SMILES string of the molecule is CCOC(=O)c1nnc(SCCC(=O)N(C)C)o1. The third kappa shape index (κ3) is 4.36. The first-order valence-electron chi connectivity index (χ1n) is 5.38. The highest BCUT2D eigenvalue weighted by Gasteiger charge is 2.16. The van der Waals surface area contributed by atoms with Crippen molar-refractivity contribution in [1.82, 2.24) is 15.1 Å². The summed E-state index contributed by atoms with van der Waals surface area (Å²) >= 11 is 1.23. The molecule has 0 saturated carbocycles. The second kappa shape index (κ2) is 7.00. The summed E-state index contributed by atoms with van der Waals surface area (Å²) in [6.45, 7) is 1.94. The van der Waals surface area contributed by atoms with Crippen LogP contribution in [0.5, 0.6) is 0 Å². The molecule has 1 rings (SSSR count). The van der Waals surface area contributed by atoms with E-state index in [2.05, 4.69) is 10.2 Å². The summed E-state index contributed by atoms with van der Waals surface area (Å²) in [6, 6.07) is 0. The van der Waals surface area contributed by atoms with Crippen molar-refractivity contribution in [2.24, 2.45) is 0 Å². The lowest BCUT2D eigenvalue weighted by atomic mass is 10.4. The molecule has 0 spiro atoms. The van der Waals surface area contributed by atoms with Gasteiger partial charge in [-0.05, 0) is 6.92 Å². The fourth-order valence-electron chi connectivity index (χ4n) is 0.993. The molecule has 1 heterocycles. The molecular formula is C10H15N3O4S. The number of aromatic nitrogens is 2. The Morgan fingerprint density at radius 3 is 2.72 bits per heavy atom. The van der Waals surface area contributed by atoms with E-state index in [0.717, 1.165) is 0 Å². The van der Waals surface area contributed by atoms with Crippen LogP contribution in [0.1, 0.15) is 24.0 Å². The van der Waals surface area contributed by atoms with Crippen molar-refractivity contribution in [3.8, 4) is 0 Å². The minimum absolute atomic E-state index is 0.0210. The molecule has 100 valence electrons. The molecule has 1 aromatic heterocycles. The lowest BCUT2D eigenvalue weighted by Gasteiger charge is -2.08. The third-order valence-electron chi connectivity index (χ3n) is 1.90. The van der Waals surface area contributed by atoms with Gasteiger partial charge < -0.3 is 14.1 Å². The Kier molecular flexibility index (Phi) is 5.63. The molecule has 18 heavy (non-hydrogen) atoms. The van der Waals surface area contributed by atoms with Gasteiger partial charge in [0.15, 0.2) is 0 Å². The number of thioether (sulfide) groups is 1. The van der Waals surface area contributed by atoms with E-state index in [1.807, 2.05) is 0 Å². The highest BCUT2D eigenvalue weighted by Crippen LogP contribution is 2.17. The molecule has 0 bridgehead atoms. The smallest absolute Gasteiger partial charge is 0.396 e. The first-order valence-corrected chi connectivity index (χ1v) is 6.36. The Morgan fingerprint density at radius 1 is 1.39 bits per heavy atom. The van der Waals surface area contributed by atoms with Crippen LogP contribution in [0.15, 0.2) is 9.64 Å². The maximum atomic E-state index is 11.3. The first kappa shape index (κ1) is 14.5. The van der Waals surface area contributed by atoms with Gasteiger partial charge in [-0.15, -0.1) is 5.10 Å². The predicted molar refractivity (Wildman–Crippen MR) is 64.3 cm³/mol. The van der Waals surface area contributed by atoms with Gasteiger partial charge in [-0.25, -0.2) is 4.79 Å². The lowest BCUT2D eigenvalue weighted by Crippen LogP contribution is -2.21. The number of hydrogen-bond acceptors (Lipinski definition) is 7. The third-order valence-corrected chi connectivity index (χ3v) is 2.72. The molecule has 7 nitrogen and oxygen atoms in total. The Bertz CT molecular complexity index is 419. The van der Waals surface area contributed by atoms with Gasteiger partial charge in [0.25, 0.3) is 5.22 Å². The van der Waals surface area contributed by atoms with Crippen molar-refractivity contribution in [1.29, 1.82) is 0 Å². The zero-order chi connectivity index (χ0) is 13.5. The zero-order valence-electron chi connectivity index (χ0n) is 10.5. The van der Waals surface area contributed by atoms with Crippen LogP contribution in [0.25, 0.3) is 0 Å². The van der Waals surface area contributed by atoms with Crippen LogP contribution in [0, 0.1) is 0 Å². The van der Waals surface area contributed by atoms with Crippen LogP contribution in [0.2, 0.25) is 0 Å². The quantitative estimate of drug-likeness (QED) is 0.560. The molecule has 0 unspecified atom stereocenters. The summed E-state index contributed by atoms with van der Waals surface area (Å²) in [7, 11) is 3.39. The average molecular weight is 273 g/mol. The topological polar surface area (TPSA) is 85.5 Å². The Morgan fingerprint density at radius 2 is 2.11 bits per heavy atom. The van der Waals surface area contributed by atoms with Crippen molar-refractivity contribution in [3.63, 3.8) is 0 Å². The molecule has 0 N–H and O–H groups in total. The van der Waals surface area contributed by atoms with Gasteiger partial charge in [-0.3, -0.25) is 4.79 Å². The van der Waals surface area contributed by atoms with Crippen molar-refractivity contribution < 1.29 is 18.7 Å². The Labute approximate surface area is 109 Å². The van der Waals surface area contributed by atoms with Gasteiger partial charge in [-0.2, -0.15) is 0 Å². The summed E-state index contributed by atoms with van der Waals surface area (Å²) in [5.74, 6) is -0.270. The molecular weight excluding hydrogens is 258 g/mol. The molecule has 0 aliphatic rings. The average Bonchev–Trinajstić information content (AvgIpc) is 2.78. The summed E-state index contributed by atoms with van der Waals surface area (Å²) < 4.78 is 9.79. The number of amides is 1. The molecule has 0 radical (unpaired) electrons. The van der Waals surface area contributed by atoms with E-state index < -0.39 is 5.97 Å². The normalized spacial score (nSPS) is 10.2. The molecule has 0 saturated heterocycles. The van der Waals surface area contributed by atoms with E-state index in [0.29, 0.717) is 12.2 Å². The van der Waals surface area contributed by atoms with Gasteiger partial charge in [-0.1, -0.05) is 16.9 Å². The van der Waals surface area contributed by atoms with Gasteiger partial charge >= 0.3 is 11.9 Å². The van der Waals surface area contributed by atoms with Crippen LogP contribution in [-0.4, -0.2) is 53.4 Å². The fourth-order valence-corrected chi connectivity index (χ4v) is 1.68. The minimum Gasteiger partial charge on any atom is -0.459 e. The highest BCUT2D eigenvalue weighted by atomic mass is 32.2. The summed E-state index contributed by atoms with van der Waals surface area (Å²) in [4.78, 5) is 24.1. The second-order valence-electron chi connectivity index (χ2n) is 3.48. The van der Waals surface area contributed by atoms with E-state index in [-0.39, 0.29) is 23.6 Å². The standard InChI is InChI=1S/C10H15N3O4S/c1-4-16-9(15)8-11-12-10(17-8)18-6-5-7(14)13(2)3/h4-6H2,1-3H3. The Hall–Kier alpha value is -1.57. The van der Waals surface area contributed by atoms with Crippen LogP contribution in [-0.2, 0) is 9.53 Å². The highest BCUT2D eigenvalue weighted by molar-refractivity contribution is 7.99. The first-order chi connectivity index (χ1) is 8.54. The lowest BCUT2D eigenvalue weighted by molar-refractivity contribution is -0.128. The number of carbonyl (C=O) groups is 2. The minimum atomic E-state index is -0.638. The molecule has 8 heteroatoms. The van der Waals surface area contributed by atoms with Crippen molar-refractivity contribution in [2.45, 2.75) is 18.6 Å². The molecule has 0 atom stereocenters. The predicted octanol–water partition coefficient (Wildman–Crippen LogP) is 0.817. The monoisotopic (exact) mass is 273 g/mol. The van der Waals surface area contributed by atoms with Crippen LogP contribution < -0.4 is 0 Å². The van der Waals surface area contributed by atoms with Gasteiger partial charge in [0.1, 0.15) is 0 Å². The largest absolute Gasteiger partial charge is 0.459 e. The number of ether oxygens (including phenoxy) is 1. The molecule has 1 amide bonds. The molecule has 0 fully saturated rings. The van der Waals surface area contributed by atoms with E-state index in [9.17, 15) is 9.59 Å². The molecule has 0 aliphatic heterocycles. The maximum absolute atomic E-state index is 11.3. The van der Waals surface area contributed by atoms with E-state index in [1.54, 1.807) is 21.0 Å². The summed E-state index contributed by atoms with van der Waals surface area (Å²) in [5.41, 5.74) is 0. The number of hydrogen-bond donors (Lipinski definition) is 0. The molecule has 1 aromatic rings. The number of rotatable bonds is 6. The van der Waals surface area contributed by atoms with E-state index in [4.69, 9.17) is 9.15 Å². The van der Waals surface area contributed by atoms with Crippen LogP contribution in [0.4, 0.5) is 0 Å². The molecule has 0 aliphatic carbocycles. The van der Waals surface area contributed by atoms with Gasteiger partial charge in [0.2, 0.25) is 5.91 Å². The zero-order valence-corrected chi connectivity index (χ0v) is 11.3. The summed E-state index contributed by atoms with van der Waals surface area (Å²) in [5, 5.41) is 7.50. The van der Waals surface area contributed by atoms with Gasteiger partial charge in [0.05, 0.1) is 6.61 Å². The Balaban J connectivity index is 2.40. The van der Waals surface area contributed by atoms with Crippen LogP contribution >= 0.6 is 11.8 Å². The van der Waals surface area contributed by atoms with Gasteiger partial charge in [0, 0.05) is 26.3 Å². The summed E-state index contributed by atoms with van der Waals surface area (Å²) in [6.07, 6.45) is 0.370. The van der Waals surface area contributed by atoms with E-state index in [1.165, 1.54) is 16.7 Å². The van der Waals surface area contributed by atoms with Crippen molar-refractivity contribution in [2.75, 3.05) is 26.5 Å². The van der Waals surface area contributed by atoms with Crippen molar-refractivity contribution in [3.05, 3.63) is 5.89 Å². The number of nitrogens with zero attached hydrogens (tertiary/aromatic N) is 3. The maximum Gasteiger partial charge on any atom is 0.396 e.